The maximum atomic E-state index is 12.3. The van der Waals surface area contributed by atoms with Gasteiger partial charge in [-0.15, -0.1) is 0 Å². The Morgan fingerprint density at radius 1 is 1.12 bits per heavy atom. The van der Waals surface area contributed by atoms with Crippen LogP contribution >= 0.6 is 0 Å². The van der Waals surface area contributed by atoms with E-state index in [9.17, 15) is 24.9 Å². The summed E-state index contributed by atoms with van der Waals surface area (Å²) in [6.07, 6.45) is 11.5. The quantitative estimate of drug-likeness (QED) is 0.422. The SMILES string of the molecule is C[C@H](CCC(=O)C(C)(C)O)[C@H]1CC[C@H]2[C@@H]3CC=C4C[C@](O)(CC(=O)O)CC[C@]4(C)[C@H]3CC[C@]12C. The van der Waals surface area contributed by atoms with Gasteiger partial charge in [0.2, 0.25) is 0 Å². The first kappa shape index (κ1) is 25.9. The lowest BCUT2D eigenvalue weighted by Gasteiger charge is -2.59. The highest BCUT2D eigenvalue weighted by molar-refractivity contribution is 5.86. The van der Waals surface area contributed by atoms with E-state index >= 15 is 0 Å². The molecule has 0 aromatic heterocycles. The van der Waals surface area contributed by atoms with Crippen LogP contribution in [0.2, 0.25) is 0 Å². The number of carbonyl (C=O) groups is 2. The van der Waals surface area contributed by atoms with Crippen molar-refractivity contribution in [3.63, 3.8) is 0 Å². The van der Waals surface area contributed by atoms with E-state index in [1.807, 2.05) is 0 Å². The molecule has 0 aromatic rings. The number of carboxylic acid groups (broad SMARTS) is 1. The molecule has 0 heterocycles. The third-order valence-corrected chi connectivity index (χ3v) is 11.0. The number of aliphatic hydroxyl groups is 2. The van der Waals surface area contributed by atoms with Crippen molar-refractivity contribution in [1.29, 1.82) is 0 Å². The van der Waals surface area contributed by atoms with Gasteiger partial charge in [-0.05, 0) is 112 Å². The van der Waals surface area contributed by atoms with E-state index in [1.54, 1.807) is 13.8 Å². The van der Waals surface area contributed by atoms with E-state index in [-0.39, 0.29) is 17.6 Å². The zero-order chi connectivity index (χ0) is 25.1. The Hall–Kier alpha value is -1.20. The molecule has 4 aliphatic rings. The Morgan fingerprint density at radius 3 is 2.47 bits per heavy atom. The third-order valence-electron chi connectivity index (χ3n) is 11.0. The highest BCUT2D eigenvalue weighted by Crippen LogP contribution is 2.67. The maximum absolute atomic E-state index is 12.3. The summed E-state index contributed by atoms with van der Waals surface area (Å²) in [4.78, 5) is 23.6. The topological polar surface area (TPSA) is 94.8 Å². The third kappa shape index (κ3) is 4.40. The fourth-order valence-corrected chi connectivity index (χ4v) is 8.99. The molecular formula is C29H46O5. The van der Waals surface area contributed by atoms with Crippen LogP contribution in [-0.4, -0.2) is 38.3 Å². The van der Waals surface area contributed by atoms with Gasteiger partial charge in [-0.1, -0.05) is 32.4 Å². The molecule has 5 nitrogen and oxygen atoms in total. The number of allylic oxidation sites excluding steroid dienone is 1. The van der Waals surface area contributed by atoms with Gasteiger partial charge in [0.1, 0.15) is 5.60 Å². The Bertz CT molecular complexity index is 855. The summed E-state index contributed by atoms with van der Waals surface area (Å²) in [6, 6.07) is 0. The molecule has 192 valence electrons. The molecule has 8 atom stereocenters. The van der Waals surface area contributed by atoms with Crippen molar-refractivity contribution < 1.29 is 24.9 Å². The summed E-state index contributed by atoms with van der Waals surface area (Å²) in [5.41, 5.74) is -0.642. The molecule has 3 saturated carbocycles. The molecule has 3 N–H and O–H groups in total. The van der Waals surface area contributed by atoms with Crippen molar-refractivity contribution in [2.75, 3.05) is 0 Å². The second kappa shape index (κ2) is 8.73. The lowest BCUT2D eigenvalue weighted by Crippen LogP contribution is -2.52. The number of aliphatic carboxylic acids is 1. The Morgan fingerprint density at radius 2 is 1.82 bits per heavy atom. The predicted octanol–water partition coefficient (Wildman–Crippen LogP) is 5.53. The van der Waals surface area contributed by atoms with Gasteiger partial charge in [0, 0.05) is 6.42 Å². The maximum Gasteiger partial charge on any atom is 0.306 e. The smallest absolute Gasteiger partial charge is 0.306 e. The van der Waals surface area contributed by atoms with Gasteiger partial charge in [0.15, 0.2) is 5.78 Å². The molecule has 0 spiro atoms. The van der Waals surface area contributed by atoms with Crippen LogP contribution in [0, 0.1) is 40.4 Å². The van der Waals surface area contributed by atoms with Crippen LogP contribution in [0.3, 0.4) is 0 Å². The van der Waals surface area contributed by atoms with Crippen molar-refractivity contribution in [3.8, 4) is 0 Å². The van der Waals surface area contributed by atoms with Crippen LogP contribution in [-0.2, 0) is 9.59 Å². The number of carbonyl (C=O) groups excluding carboxylic acids is 1. The average molecular weight is 475 g/mol. The van der Waals surface area contributed by atoms with Gasteiger partial charge < -0.3 is 15.3 Å². The summed E-state index contributed by atoms with van der Waals surface area (Å²) in [5.74, 6) is 2.10. The predicted molar refractivity (Wildman–Crippen MR) is 132 cm³/mol. The minimum atomic E-state index is -1.24. The van der Waals surface area contributed by atoms with E-state index < -0.39 is 17.2 Å². The standard InChI is InChI=1S/C29H46O5/c1-18(6-11-24(30)26(2,3)33)21-9-10-22-20-8-7-19-16-29(34,17-25(31)32)15-14-27(19,4)23(20)12-13-28(21,22)5/h7,18,20-23,33-34H,6,8-17H2,1-5H3,(H,31,32)/t18-,20+,21-,22+,23+,27+,28-,29+/m1/s1. The summed E-state index contributed by atoms with van der Waals surface area (Å²) in [6.45, 7) is 10.4. The van der Waals surface area contributed by atoms with Crippen LogP contribution in [0.15, 0.2) is 11.6 Å². The molecule has 3 fully saturated rings. The van der Waals surface area contributed by atoms with Gasteiger partial charge in [-0.2, -0.15) is 0 Å². The number of rotatable bonds is 7. The fourth-order valence-electron chi connectivity index (χ4n) is 8.99. The fraction of sp³-hybridized carbons (Fsp3) is 0.862. The Labute approximate surface area is 205 Å². The number of hydrogen-bond donors (Lipinski definition) is 3. The lowest BCUT2D eigenvalue weighted by atomic mass is 9.46. The van der Waals surface area contributed by atoms with Crippen LogP contribution in [0.1, 0.15) is 105 Å². The minimum absolute atomic E-state index is 0.0548. The van der Waals surface area contributed by atoms with Crippen molar-refractivity contribution in [2.45, 2.75) is 116 Å². The van der Waals surface area contributed by atoms with Crippen molar-refractivity contribution in [2.24, 2.45) is 40.4 Å². The zero-order valence-electron chi connectivity index (χ0n) is 21.9. The van der Waals surface area contributed by atoms with E-state index in [4.69, 9.17) is 0 Å². The van der Waals surface area contributed by atoms with E-state index in [1.165, 1.54) is 31.3 Å². The van der Waals surface area contributed by atoms with Crippen molar-refractivity contribution in [3.05, 3.63) is 11.6 Å². The molecule has 4 rings (SSSR count). The van der Waals surface area contributed by atoms with Crippen LogP contribution in [0.4, 0.5) is 0 Å². The molecule has 4 aliphatic carbocycles. The van der Waals surface area contributed by atoms with Gasteiger partial charge in [-0.25, -0.2) is 0 Å². The van der Waals surface area contributed by atoms with E-state index in [0.717, 1.165) is 19.3 Å². The number of fused-ring (bicyclic) bond motifs is 5. The summed E-state index contributed by atoms with van der Waals surface area (Å²) < 4.78 is 0. The molecule has 0 amide bonds. The first-order chi connectivity index (χ1) is 15.7. The highest BCUT2D eigenvalue weighted by Gasteiger charge is 2.60. The van der Waals surface area contributed by atoms with Crippen LogP contribution < -0.4 is 0 Å². The monoisotopic (exact) mass is 474 g/mol. The average Bonchev–Trinajstić information content (AvgIpc) is 3.08. The molecule has 0 bridgehead atoms. The molecule has 0 aromatic carbocycles. The molecular weight excluding hydrogens is 428 g/mol. The van der Waals surface area contributed by atoms with Crippen molar-refractivity contribution in [1.82, 2.24) is 0 Å². The van der Waals surface area contributed by atoms with E-state index in [0.29, 0.717) is 54.3 Å². The van der Waals surface area contributed by atoms with Gasteiger partial charge in [0.05, 0.1) is 12.0 Å². The molecule has 0 unspecified atom stereocenters. The number of Topliss-reactive ketones (excluding diaryl/α,β-unsaturated/α-hetero) is 1. The number of ketones is 1. The normalized spacial score (nSPS) is 42.7. The number of carboxylic acids is 1. The molecule has 0 aliphatic heterocycles. The summed E-state index contributed by atoms with van der Waals surface area (Å²) in [5, 5.41) is 30.3. The van der Waals surface area contributed by atoms with Gasteiger partial charge in [0.25, 0.3) is 0 Å². The highest BCUT2D eigenvalue weighted by atomic mass is 16.4. The van der Waals surface area contributed by atoms with Crippen LogP contribution in [0.5, 0.6) is 0 Å². The molecule has 0 saturated heterocycles. The first-order valence-electron chi connectivity index (χ1n) is 13.6. The van der Waals surface area contributed by atoms with Gasteiger partial charge >= 0.3 is 5.97 Å². The zero-order valence-corrected chi connectivity index (χ0v) is 21.9. The second-order valence-corrected chi connectivity index (χ2v) is 13.5. The number of hydrogen-bond acceptors (Lipinski definition) is 4. The Kier molecular flexibility index (Phi) is 6.64. The first-order valence-corrected chi connectivity index (χ1v) is 13.6. The minimum Gasteiger partial charge on any atom is -0.481 e. The Balaban J connectivity index is 1.48. The van der Waals surface area contributed by atoms with Crippen molar-refractivity contribution >= 4 is 11.8 Å². The van der Waals surface area contributed by atoms with Gasteiger partial charge in [-0.3, -0.25) is 9.59 Å². The van der Waals surface area contributed by atoms with E-state index in [2.05, 4.69) is 26.8 Å². The molecule has 5 heteroatoms. The summed E-state index contributed by atoms with van der Waals surface area (Å²) in [7, 11) is 0. The summed E-state index contributed by atoms with van der Waals surface area (Å²) >= 11 is 0. The largest absolute Gasteiger partial charge is 0.481 e. The molecule has 34 heavy (non-hydrogen) atoms. The van der Waals surface area contributed by atoms with Crippen LogP contribution in [0.25, 0.3) is 0 Å². The lowest BCUT2D eigenvalue weighted by molar-refractivity contribution is -0.145. The second-order valence-electron chi connectivity index (χ2n) is 13.5. The molecule has 0 radical (unpaired) electrons.